The monoisotopic (exact) mass is 131 g/mol. The second-order valence-electron chi connectivity index (χ2n) is 2.17. The third kappa shape index (κ3) is 5.89. The van der Waals surface area contributed by atoms with Gasteiger partial charge < -0.3 is 5.73 Å². The Bertz CT molecular complexity index is 78.6. The summed E-state index contributed by atoms with van der Waals surface area (Å²) < 4.78 is 0. The molecule has 0 fully saturated rings. The predicted molar refractivity (Wildman–Crippen MR) is 40.6 cm³/mol. The Hall–Kier alpha value is -0.110. The van der Waals surface area contributed by atoms with E-state index in [1.165, 1.54) is 0 Å². The van der Waals surface area contributed by atoms with Crippen LogP contribution in [0.4, 0.5) is 0 Å². The molecule has 2 heteroatoms. The maximum absolute atomic E-state index is 5.31. The molecule has 0 bridgehead atoms. The lowest BCUT2D eigenvalue weighted by atomic mass is 10.3. The minimum atomic E-state index is 0.709. The van der Waals surface area contributed by atoms with E-state index < -0.39 is 0 Å². The third-order valence-electron chi connectivity index (χ3n) is 0.602. The summed E-state index contributed by atoms with van der Waals surface area (Å²) in [5.41, 5.74) is 5.31. The number of hydrogen-bond donors (Lipinski definition) is 1. The van der Waals surface area contributed by atoms with Crippen LogP contribution in [-0.4, -0.2) is 5.75 Å². The van der Waals surface area contributed by atoms with Crippen LogP contribution in [0.25, 0.3) is 0 Å². The van der Waals surface area contributed by atoms with E-state index in [0.29, 0.717) is 5.92 Å². The van der Waals surface area contributed by atoms with E-state index in [0.717, 1.165) is 10.8 Å². The summed E-state index contributed by atoms with van der Waals surface area (Å²) in [4.78, 5) is 0. The summed E-state index contributed by atoms with van der Waals surface area (Å²) in [6, 6.07) is 0. The molecule has 2 N–H and O–H groups in total. The third-order valence-corrected chi connectivity index (χ3v) is 1.81. The van der Waals surface area contributed by atoms with Crippen molar-refractivity contribution >= 4 is 11.8 Å². The lowest BCUT2D eigenvalue weighted by Gasteiger charge is -2.01. The smallest absolute Gasteiger partial charge is 0.0582 e. The summed E-state index contributed by atoms with van der Waals surface area (Å²) in [5.74, 6) is 1.79. The SMILES string of the molecule is C=C(N)SCC(C)C. The molecule has 0 aromatic carbocycles. The van der Waals surface area contributed by atoms with Crippen molar-refractivity contribution in [3.05, 3.63) is 11.6 Å². The average molecular weight is 131 g/mol. The van der Waals surface area contributed by atoms with E-state index >= 15 is 0 Å². The van der Waals surface area contributed by atoms with E-state index in [2.05, 4.69) is 20.4 Å². The molecule has 0 unspecified atom stereocenters. The molecule has 0 aromatic rings. The van der Waals surface area contributed by atoms with Crippen molar-refractivity contribution in [2.75, 3.05) is 5.75 Å². The van der Waals surface area contributed by atoms with E-state index in [1.807, 2.05) is 0 Å². The van der Waals surface area contributed by atoms with Crippen LogP contribution in [0.15, 0.2) is 11.6 Å². The second-order valence-corrected chi connectivity index (χ2v) is 3.32. The van der Waals surface area contributed by atoms with Crippen molar-refractivity contribution < 1.29 is 0 Å². The molecule has 0 saturated carbocycles. The van der Waals surface area contributed by atoms with Crippen LogP contribution in [0.3, 0.4) is 0 Å². The van der Waals surface area contributed by atoms with E-state index in [-0.39, 0.29) is 0 Å². The lowest BCUT2D eigenvalue weighted by Crippen LogP contribution is -1.95. The zero-order valence-corrected chi connectivity index (χ0v) is 6.29. The Kier molecular flexibility index (Phi) is 3.79. The molecule has 0 aromatic heterocycles. The van der Waals surface area contributed by atoms with Gasteiger partial charge in [-0.1, -0.05) is 20.4 Å². The standard InChI is InChI=1S/C6H13NS/c1-5(2)4-8-6(3)7/h5H,3-4,7H2,1-2H3. The van der Waals surface area contributed by atoms with E-state index in [9.17, 15) is 0 Å². The highest BCUT2D eigenvalue weighted by Gasteiger charge is 1.92. The maximum Gasteiger partial charge on any atom is 0.0582 e. The molecule has 1 nitrogen and oxygen atoms in total. The first-order valence-corrected chi connectivity index (χ1v) is 3.68. The van der Waals surface area contributed by atoms with Gasteiger partial charge in [-0.3, -0.25) is 0 Å². The van der Waals surface area contributed by atoms with Gasteiger partial charge in [-0.05, 0) is 5.92 Å². The molecule has 0 aliphatic rings. The average Bonchev–Trinajstić information content (AvgIpc) is 1.61. The molecule has 0 rings (SSSR count). The first kappa shape index (κ1) is 7.89. The van der Waals surface area contributed by atoms with Gasteiger partial charge in [-0.15, -0.1) is 11.8 Å². The summed E-state index contributed by atoms with van der Waals surface area (Å²) >= 11 is 1.62. The predicted octanol–water partition coefficient (Wildman–Crippen LogP) is 1.81. The van der Waals surface area contributed by atoms with Crippen LogP contribution >= 0.6 is 11.8 Å². The highest BCUT2D eigenvalue weighted by molar-refractivity contribution is 8.02. The molecule has 0 radical (unpaired) electrons. The number of nitrogens with two attached hydrogens (primary N) is 1. The summed E-state index contributed by atoms with van der Waals surface area (Å²) in [7, 11) is 0. The van der Waals surface area contributed by atoms with Crippen LogP contribution in [0, 0.1) is 5.92 Å². The van der Waals surface area contributed by atoms with Crippen LogP contribution in [0.1, 0.15) is 13.8 Å². The fourth-order valence-corrected chi connectivity index (χ4v) is 0.821. The van der Waals surface area contributed by atoms with Crippen molar-refractivity contribution in [2.45, 2.75) is 13.8 Å². The number of rotatable bonds is 3. The Balaban J connectivity index is 3.05. The first-order chi connectivity index (χ1) is 3.63. The van der Waals surface area contributed by atoms with Crippen LogP contribution in [-0.2, 0) is 0 Å². The van der Waals surface area contributed by atoms with Gasteiger partial charge in [0.1, 0.15) is 0 Å². The molecule has 0 aliphatic heterocycles. The van der Waals surface area contributed by atoms with Crippen LogP contribution in [0.2, 0.25) is 0 Å². The molecule has 0 amide bonds. The molecule has 0 saturated heterocycles. The van der Waals surface area contributed by atoms with Crippen molar-refractivity contribution in [1.82, 2.24) is 0 Å². The Morgan fingerprint density at radius 1 is 1.75 bits per heavy atom. The highest BCUT2D eigenvalue weighted by atomic mass is 32.2. The molecule has 0 spiro atoms. The minimum absolute atomic E-state index is 0.709. The van der Waals surface area contributed by atoms with Crippen LogP contribution < -0.4 is 5.73 Å². The van der Waals surface area contributed by atoms with Crippen molar-refractivity contribution in [3.63, 3.8) is 0 Å². The van der Waals surface area contributed by atoms with Gasteiger partial charge in [0, 0.05) is 5.75 Å². The molecule has 0 atom stereocenters. The van der Waals surface area contributed by atoms with Crippen molar-refractivity contribution in [2.24, 2.45) is 11.7 Å². The number of thioether (sulfide) groups is 1. The Labute approximate surface area is 55.3 Å². The van der Waals surface area contributed by atoms with Crippen LogP contribution in [0.5, 0.6) is 0 Å². The number of hydrogen-bond acceptors (Lipinski definition) is 2. The lowest BCUT2D eigenvalue weighted by molar-refractivity contribution is 0.751. The quantitative estimate of drug-likeness (QED) is 0.632. The minimum Gasteiger partial charge on any atom is -0.394 e. The van der Waals surface area contributed by atoms with Crippen molar-refractivity contribution in [3.8, 4) is 0 Å². The Morgan fingerprint density at radius 2 is 2.25 bits per heavy atom. The molecular formula is C6H13NS. The Morgan fingerprint density at radius 3 is 2.38 bits per heavy atom. The van der Waals surface area contributed by atoms with Crippen molar-refractivity contribution in [1.29, 1.82) is 0 Å². The van der Waals surface area contributed by atoms with Gasteiger partial charge in [0.25, 0.3) is 0 Å². The van der Waals surface area contributed by atoms with Gasteiger partial charge in [0.05, 0.1) is 5.03 Å². The highest BCUT2D eigenvalue weighted by Crippen LogP contribution is 2.11. The molecular weight excluding hydrogens is 118 g/mol. The normalized spacial score (nSPS) is 9.88. The molecule has 0 aliphatic carbocycles. The van der Waals surface area contributed by atoms with Gasteiger partial charge in [0.15, 0.2) is 0 Å². The van der Waals surface area contributed by atoms with E-state index in [1.54, 1.807) is 11.8 Å². The summed E-state index contributed by atoms with van der Waals surface area (Å²) in [5, 5.41) is 0.721. The largest absolute Gasteiger partial charge is 0.394 e. The van der Waals surface area contributed by atoms with Gasteiger partial charge in [-0.25, -0.2) is 0 Å². The second kappa shape index (κ2) is 3.84. The maximum atomic E-state index is 5.31. The summed E-state index contributed by atoms with van der Waals surface area (Å²) in [6.07, 6.45) is 0. The summed E-state index contributed by atoms with van der Waals surface area (Å²) in [6.45, 7) is 7.89. The molecule has 48 valence electrons. The van der Waals surface area contributed by atoms with E-state index in [4.69, 9.17) is 5.73 Å². The zero-order valence-electron chi connectivity index (χ0n) is 5.48. The topological polar surface area (TPSA) is 26.0 Å². The fourth-order valence-electron chi connectivity index (χ4n) is 0.274. The molecule has 0 heterocycles. The zero-order chi connectivity index (χ0) is 6.57. The van der Waals surface area contributed by atoms with Gasteiger partial charge in [-0.2, -0.15) is 0 Å². The first-order valence-electron chi connectivity index (χ1n) is 2.70. The molecule has 8 heavy (non-hydrogen) atoms. The van der Waals surface area contributed by atoms with Gasteiger partial charge >= 0.3 is 0 Å². The fraction of sp³-hybridized carbons (Fsp3) is 0.667. The van der Waals surface area contributed by atoms with Gasteiger partial charge in [0.2, 0.25) is 0 Å².